The second-order valence-corrected chi connectivity index (χ2v) is 8.97. The zero-order valence-electron chi connectivity index (χ0n) is 19.9. The standard InChI is InChI=1S/C24H41N3O4/c1-18(2)26(4)16-22(29)17-31-23-7-6-21(14-24(23)30-5)15-27-12-9-20(10-13-27)8-11-25-19(3)28/h6-7,14,18,20,22,29H,8-13,15-17H2,1-5H3,(H,25,28)/t22-/m0/s1. The van der Waals surface area contributed by atoms with E-state index in [1.807, 2.05) is 19.2 Å². The van der Waals surface area contributed by atoms with Gasteiger partial charge in [-0.3, -0.25) is 9.69 Å². The van der Waals surface area contributed by atoms with Crippen LogP contribution in [-0.4, -0.2) is 79.9 Å². The summed E-state index contributed by atoms with van der Waals surface area (Å²) in [7, 11) is 3.64. The van der Waals surface area contributed by atoms with Crippen LogP contribution in [0.2, 0.25) is 0 Å². The van der Waals surface area contributed by atoms with E-state index in [1.165, 1.54) is 18.4 Å². The normalized spacial score (nSPS) is 16.5. The predicted octanol–water partition coefficient (Wildman–Crippen LogP) is 2.51. The number of nitrogens with one attached hydrogen (secondary N) is 1. The lowest BCUT2D eigenvalue weighted by atomic mass is 9.93. The maximum absolute atomic E-state index is 11.0. The summed E-state index contributed by atoms with van der Waals surface area (Å²) < 4.78 is 11.4. The van der Waals surface area contributed by atoms with E-state index in [2.05, 4.69) is 35.0 Å². The van der Waals surface area contributed by atoms with Gasteiger partial charge in [-0.2, -0.15) is 0 Å². The molecule has 1 heterocycles. The number of hydrogen-bond donors (Lipinski definition) is 2. The number of carbonyl (C=O) groups excluding carboxylic acids is 1. The van der Waals surface area contributed by atoms with Crippen molar-refractivity contribution in [3.8, 4) is 11.5 Å². The van der Waals surface area contributed by atoms with Crippen molar-refractivity contribution in [1.82, 2.24) is 15.1 Å². The van der Waals surface area contributed by atoms with Gasteiger partial charge in [0.25, 0.3) is 0 Å². The van der Waals surface area contributed by atoms with Crippen molar-refractivity contribution in [2.45, 2.75) is 58.7 Å². The molecule has 1 aromatic carbocycles. The number of aliphatic hydroxyl groups excluding tert-OH is 1. The number of amides is 1. The highest BCUT2D eigenvalue weighted by Crippen LogP contribution is 2.29. The molecule has 1 saturated heterocycles. The van der Waals surface area contributed by atoms with Gasteiger partial charge in [0.2, 0.25) is 5.91 Å². The quantitative estimate of drug-likeness (QED) is 0.526. The fourth-order valence-corrected chi connectivity index (χ4v) is 3.86. The average Bonchev–Trinajstić information content (AvgIpc) is 2.73. The summed E-state index contributed by atoms with van der Waals surface area (Å²) in [5, 5.41) is 13.1. The first-order valence-corrected chi connectivity index (χ1v) is 11.4. The van der Waals surface area contributed by atoms with Crippen LogP contribution < -0.4 is 14.8 Å². The molecule has 1 aliphatic heterocycles. The lowest BCUT2D eigenvalue weighted by molar-refractivity contribution is -0.119. The third-order valence-corrected chi connectivity index (χ3v) is 6.08. The molecule has 1 atom stereocenters. The van der Waals surface area contributed by atoms with Gasteiger partial charge in [0, 0.05) is 32.6 Å². The number of nitrogens with zero attached hydrogens (tertiary/aromatic N) is 2. The van der Waals surface area contributed by atoms with Gasteiger partial charge < -0.3 is 24.8 Å². The van der Waals surface area contributed by atoms with Crippen LogP contribution in [0.3, 0.4) is 0 Å². The first-order valence-electron chi connectivity index (χ1n) is 11.4. The number of benzene rings is 1. The summed E-state index contributed by atoms with van der Waals surface area (Å²) >= 11 is 0. The van der Waals surface area contributed by atoms with Crippen molar-refractivity contribution < 1.29 is 19.4 Å². The molecule has 2 rings (SSSR count). The number of ether oxygens (including phenoxy) is 2. The Labute approximate surface area is 187 Å². The highest BCUT2D eigenvalue weighted by atomic mass is 16.5. The lowest BCUT2D eigenvalue weighted by Gasteiger charge is -2.32. The molecule has 31 heavy (non-hydrogen) atoms. The zero-order valence-corrected chi connectivity index (χ0v) is 19.9. The van der Waals surface area contributed by atoms with E-state index in [9.17, 15) is 9.90 Å². The van der Waals surface area contributed by atoms with Crippen LogP contribution >= 0.6 is 0 Å². The molecular formula is C24H41N3O4. The first-order chi connectivity index (χ1) is 14.8. The number of rotatable bonds is 12. The van der Waals surface area contributed by atoms with E-state index in [1.54, 1.807) is 14.0 Å². The van der Waals surface area contributed by atoms with Gasteiger partial charge in [0.15, 0.2) is 11.5 Å². The van der Waals surface area contributed by atoms with E-state index >= 15 is 0 Å². The van der Waals surface area contributed by atoms with Crippen molar-refractivity contribution in [2.75, 3.05) is 46.9 Å². The largest absolute Gasteiger partial charge is 0.493 e. The number of carbonyl (C=O) groups is 1. The van der Waals surface area contributed by atoms with Crippen LogP contribution in [0.4, 0.5) is 0 Å². The van der Waals surface area contributed by atoms with Gasteiger partial charge in [-0.15, -0.1) is 0 Å². The predicted molar refractivity (Wildman–Crippen MR) is 124 cm³/mol. The van der Waals surface area contributed by atoms with Crippen molar-refractivity contribution in [1.29, 1.82) is 0 Å². The minimum atomic E-state index is -0.552. The number of likely N-dealkylation sites (tertiary alicyclic amines) is 1. The Morgan fingerprint density at radius 1 is 1.29 bits per heavy atom. The molecule has 1 amide bonds. The molecule has 1 fully saturated rings. The number of piperidine rings is 1. The molecule has 0 aliphatic carbocycles. The molecule has 0 spiro atoms. The summed E-state index contributed by atoms with van der Waals surface area (Å²) in [6, 6.07) is 6.43. The molecule has 0 bridgehead atoms. The second kappa shape index (κ2) is 12.9. The van der Waals surface area contributed by atoms with Crippen LogP contribution in [0.5, 0.6) is 11.5 Å². The summed E-state index contributed by atoms with van der Waals surface area (Å²) in [5.74, 6) is 2.10. The number of aliphatic hydroxyl groups is 1. The maximum atomic E-state index is 11.0. The van der Waals surface area contributed by atoms with Crippen LogP contribution in [0, 0.1) is 5.92 Å². The Bertz CT molecular complexity index is 675. The molecule has 0 radical (unpaired) electrons. The number of likely N-dealkylation sites (N-methyl/N-ethyl adjacent to an activating group) is 1. The van der Waals surface area contributed by atoms with E-state index in [-0.39, 0.29) is 12.5 Å². The van der Waals surface area contributed by atoms with Crippen LogP contribution in [0.1, 0.15) is 45.6 Å². The third kappa shape index (κ3) is 9.05. The van der Waals surface area contributed by atoms with Crippen molar-refractivity contribution in [3.05, 3.63) is 23.8 Å². The van der Waals surface area contributed by atoms with Crippen molar-refractivity contribution in [2.24, 2.45) is 5.92 Å². The topological polar surface area (TPSA) is 74.3 Å². The van der Waals surface area contributed by atoms with Gasteiger partial charge in [0.05, 0.1) is 7.11 Å². The zero-order chi connectivity index (χ0) is 22.8. The Kier molecular flexibility index (Phi) is 10.6. The minimum Gasteiger partial charge on any atom is -0.493 e. The van der Waals surface area contributed by atoms with Gasteiger partial charge >= 0.3 is 0 Å². The Balaban J connectivity index is 1.80. The van der Waals surface area contributed by atoms with E-state index in [0.717, 1.165) is 32.6 Å². The highest BCUT2D eigenvalue weighted by molar-refractivity contribution is 5.72. The van der Waals surface area contributed by atoms with Crippen molar-refractivity contribution >= 4 is 5.91 Å². The van der Waals surface area contributed by atoms with Crippen LogP contribution in [0.15, 0.2) is 18.2 Å². The molecule has 1 aromatic rings. The van der Waals surface area contributed by atoms with Gasteiger partial charge in [-0.1, -0.05) is 6.07 Å². The Morgan fingerprint density at radius 2 is 2.00 bits per heavy atom. The molecule has 7 heteroatoms. The number of methoxy groups -OCH3 is 1. The lowest BCUT2D eigenvalue weighted by Crippen LogP contribution is -2.37. The van der Waals surface area contributed by atoms with E-state index in [0.29, 0.717) is 30.0 Å². The molecule has 0 saturated carbocycles. The molecule has 7 nitrogen and oxygen atoms in total. The smallest absolute Gasteiger partial charge is 0.216 e. The van der Waals surface area contributed by atoms with Gasteiger partial charge in [-0.25, -0.2) is 0 Å². The second-order valence-electron chi connectivity index (χ2n) is 8.97. The fourth-order valence-electron chi connectivity index (χ4n) is 3.86. The highest BCUT2D eigenvalue weighted by Gasteiger charge is 2.20. The molecular weight excluding hydrogens is 394 g/mol. The minimum absolute atomic E-state index is 0.0520. The molecule has 1 aliphatic rings. The number of hydrogen-bond acceptors (Lipinski definition) is 6. The summed E-state index contributed by atoms with van der Waals surface area (Å²) in [5.41, 5.74) is 1.20. The van der Waals surface area contributed by atoms with Crippen LogP contribution in [0.25, 0.3) is 0 Å². The molecule has 176 valence electrons. The summed E-state index contributed by atoms with van der Waals surface area (Å²) in [6.45, 7) is 10.4. The average molecular weight is 436 g/mol. The van der Waals surface area contributed by atoms with E-state index in [4.69, 9.17) is 9.47 Å². The molecule has 0 unspecified atom stereocenters. The first kappa shape index (κ1) is 25.4. The Hall–Kier alpha value is -1.83. The van der Waals surface area contributed by atoms with E-state index < -0.39 is 6.10 Å². The molecule has 0 aromatic heterocycles. The molecule has 2 N–H and O–H groups in total. The third-order valence-electron chi connectivity index (χ3n) is 6.08. The van der Waals surface area contributed by atoms with Crippen LogP contribution in [-0.2, 0) is 11.3 Å². The monoisotopic (exact) mass is 435 g/mol. The fraction of sp³-hybridized carbons (Fsp3) is 0.708. The van der Waals surface area contributed by atoms with Gasteiger partial charge in [-0.05, 0) is 76.9 Å². The maximum Gasteiger partial charge on any atom is 0.216 e. The summed E-state index contributed by atoms with van der Waals surface area (Å²) in [6.07, 6.45) is 2.84. The van der Waals surface area contributed by atoms with Gasteiger partial charge in [0.1, 0.15) is 12.7 Å². The van der Waals surface area contributed by atoms with Crippen molar-refractivity contribution in [3.63, 3.8) is 0 Å². The Morgan fingerprint density at radius 3 is 2.61 bits per heavy atom. The SMILES string of the molecule is COc1cc(CN2CCC(CCNC(C)=O)CC2)ccc1OC[C@@H](O)CN(C)C(C)C. The summed E-state index contributed by atoms with van der Waals surface area (Å²) in [4.78, 5) is 15.6.